The van der Waals surface area contributed by atoms with Gasteiger partial charge in [-0.2, -0.15) is 0 Å². The third-order valence-electron chi connectivity index (χ3n) is 6.36. The summed E-state index contributed by atoms with van der Waals surface area (Å²) < 4.78 is 17.3. The molecule has 4 nitrogen and oxygen atoms in total. The van der Waals surface area contributed by atoms with E-state index in [1.165, 1.54) is 57.8 Å². The summed E-state index contributed by atoms with van der Waals surface area (Å²) in [6.45, 7) is 7.56. The quantitative estimate of drug-likeness (QED) is 0.103. The minimum absolute atomic E-state index is 0.116. The molecule has 0 saturated carbocycles. The number of hydrogen-bond acceptors (Lipinski definition) is 4. The fraction of sp³-hybridized carbons (Fsp3) is 0.828. The van der Waals surface area contributed by atoms with Crippen molar-refractivity contribution in [3.63, 3.8) is 0 Å². The highest BCUT2D eigenvalue weighted by molar-refractivity contribution is 5.69. The number of hydrogen-bond donors (Lipinski definition) is 0. The Hall–Kier alpha value is -1.13. The first-order chi connectivity index (χ1) is 16.2. The molecule has 1 aliphatic rings. The topological polar surface area (TPSA) is 44.8 Å². The maximum absolute atomic E-state index is 12.1. The average molecular weight is 465 g/mol. The molecular formula is C29H52O4. The van der Waals surface area contributed by atoms with Crippen molar-refractivity contribution in [1.82, 2.24) is 0 Å². The summed E-state index contributed by atoms with van der Waals surface area (Å²) in [5.74, 6) is 0.323. The third kappa shape index (κ3) is 16.2. The van der Waals surface area contributed by atoms with Crippen molar-refractivity contribution in [2.45, 2.75) is 136 Å². The Morgan fingerprint density at radius 2 is 1.42 bits per heavy atom. The normalized spacial score (nSPS) is 20.0. The molecule has 0 bridgehead atoms. The van der Waals surface area contributed by atoms with Crippen LogP contribution in [0.5, 0.6) is 0 Å². The zero-order chi connectivity index (χ0) is 24.0. The van der Waals surface area contributed by atoms with Crippen molar-refractivity contribution >= 4 is 5.97 Å². The lowest BCUT2D eigenvalue weighted by molar-refractivity contribution is -0.245. The number of carbonyl (C=O) groups excluding carboxylic acids is 1. The molecule has 1 rings (SSSR count). The molecule has 0 aliphatic carbocycles. The van der Waals surface area contributed by atoms with E-state index in [1.54, 1.807) is 0 Å². The van der Waals surface area contributed by atoms with Crippen LogP contribution < -0.4 is 0 Å². The van der Waals surface area contributed by atoms with Crippen molar-refractivity contribution in [2.75, 3.05) is 13.2 Å². The van der Waals surface area contributed by atoms with E-state index in [9.17, 15) is 4.79 Å². The van der Waals surface area contributed by atoms with Gasteiger partial charge in [-0.3, -0.25) is 4.79 Å². The first kappa shape index (κ1) is 29.9. The molecule has 1 aliphatic heterocycles. The fourth-order valence-electron chi connectivity index (χ4n) is 4.17. The second-order valence-corrected chi connectivity index (χ2v) is 9.44. The zero-order valence-electron chi connectivity index (χ0n) is 21.9. The number of allylic oxidation sites excluding steroid dienone is 4. The lowest BCUT2D eigenvalue weighted by Gasteiger charge is -2.33. The molecule has 0 aromatic rings. The van der Waals surface area contributed by atoms with Gasteiger partial charge in [0.25, 0.3) is 0 Å². The van der Waals surface area contributed by atoms with Crippen molar-refractivity contribution in [1.29, 1.82) is 0 Å². The Balaban J connectivity index is 1.96. The largest absolute Gasteiger partial charge is 0.457 e. The van der Waals surface area contributed by atoms with Crippen LogP contribution in [-0.4, -0.2) is 31.6 Å². The Morgan fingerprint density at radius 3 is 2.06 bits per heavy atom. The van der Waals surface area contributed by atoms with Gasteiger partial charge in [0, 0.05) is 12.3 Å². The lowest BCUT2D eigenvalue weighted by Crippen LogP contribution is -2.41. The summed E-state index contributed by atoms with van der Waals surface area (Å²) in [4.78, 5) is 12.1. The van der Waals surface area contributed by atoms with Gasteiger partial charge in [-0.05, 0) is 51.4 Å². The van der Waals surface area contributed by atoms with E-state index in [1.807, 2.05) is 0 Å². The number of unbranched alkanes of at least 4 members (excludes halogenated alkanes) is 9. The van der Waals surface area contributed by atoms with Gasteiger partial charge in [0.05, 0.1) is 13.2 Å². The molecule has 4 heteroatoms. The van der Waals surface area contributed by atoms with Gasteiger partial charge in [0.2, 0.25) is 0 Å². The second-order valence-electron chi connectivity index (χ2n) is 9.44. The predicted octanol–water partition coefficient (Wildman–Crippen LogP) is 8.30. The van der Waals surface area contributed by atoms with Crippen LogP contribution in [0.4, 0.5) is 0 Å². The molecule has 1 unspecified atom stereocenters. The van der Waals surface area contributed by atoms with E-state index in [2.05, 4.69) is 45.1 Å². The molecule has 192 valence electrons. The number of esters is 1. The molecule has 1 saturated heterocycles. The van der Waals surface area contributed by atoms with E-state index in [4.69, 9.17) is 14.2 Å². The van der Waals surface area contributed by atoms with E-state index >= 15 is 0 Å². The molecule has 1 heterocycles. The van der Waals surface area contributed by atoms with Crippen molar-refractivity contribution in [3.05, 3.63) is 24.3 Å². The Kier molecular flexibility index (Phi) is 19.4. The number of ether oxygens (including phenoxy) is 3. The standard InChI is InChI=1S/C29H52O4/c1-4-7-9-10-11-12-13-14-15-16-17-18-19-20-21-23-28(30)33-27-24-31-29(32-25-27)26(6-3)22-8-5-2/h11-12,14-15,26-27,29H,4-10,13,16-25H2,1-3H3/b12-11+,15-14+. The minimum Gasteiger partial charge on any atom is -0.457 e. The van der Waals surface area contributed by atoms with Gasteiger partial charge in [0.15, 0.2) is 6.29 Å². The van der Waals surface area contributed by atoms with Gasteiger partial charge < -0.3 is 14.2 Å². The van der Waals surface area contributed by atoms with Gasteiger partial charge in [-0.25, -0.2) is 0 Å². The highest BCUT2D eigenvalue weighted by Crippen LogP contribution is 2.24. The Bertz CT molecular complexity index is 506. The smallest absolute Gasteiger partial charge is 0.306 e. The summed E-state index contributed by atoms with van der Waals surface area (Å²) >= 11 is 0. The molecule has 0 N–H and O–H groups in total. The average Bonchev–Trinajstić information content (AvgIpc) is 2.83. The summed E-state index contributed by atoms with van der Waals surface area (Å²) in [6.07, 6.45) is 26.9. The van der Waals surface area contributed by atoms with Crippen molar-refractivity contribution < 1.29 is 19.0 Å². The molecule has 1 fully saturated rings. The minimum atomic E-state index is -0.254. The second kappa shape index (κ2) is 21.4. The van der Waals surface area contributed by atoms with Crippen LogP contribution in [0.1, 0.15) is 124 Å². The summed E-state index contributed by atoms with van der Waals surface area (Å²) in [7, 11) is 0. The molecule has 33 heavy (non-hydrogen) atoms. The highest BCUT2D eigenvalue weighted by Gasteiger charge is 2.29. The Morgan fingerprint density at radius 1 is 0.818 bits per heavy atom. The van der Waals surface area contributed by atoms with Gasteiger partial charge in [0.1, 0.15) is 6.10 Å². The van der Waals surface area contributed by atoms with Crippen molar-refractivity contribution in [2.24, 2.45) is 5.92 Å². The lowest BCUT2D eigenvalue weighted by atomic mass is 9.98. The van der Waals surface area contributed by atoms with Crippen LogP contribution >= 0.6 is 0 Å². The van der Waals surface area contributed by atoms with Gasteiger partial charge in [-0.1, -0.05) is 90.0 Å². The number of carbonyl (C=O) groups is 1. The van der Waals surface area contributed by atoms with Crippen molar-refractivity contribution in [3.8, 4) is 0 Å². The van der Waals surface area contributed by atoms with Crippen LogP contribution in [0.25, 0.3) is 0 Å². The van der Waals surface area contributed by atoms with Crippen LogP contribution in [0.15, 0.2) is 24.3 Å². The molecule has 1 atom stereocenters. The first-order valence-electron chi connectivity index (χ1n) is 13.9. The highest BCUT2D eigenvalue weighted by atomic mass is 16.7. The molecular weight excluding hydrogens is 412 g/mol. The van der Waals surface area contributed by atoms with E-state index in [-0.39, 0.29) is 18.4 Å². The van der Waals surface area contributed by atoms with Crippen LogP contribution in [-0.2, 0) is 19.0 Å². The molecule has 0 radical (unpaired) electrons. The molecule has 0 aromatic heterocycles. The van der Waals surface area contributed by atoms with Crippen LogP contribution in [0.2, 0.25) is 0 Å². The molecule has 0 amide bonds. The van der Waals surface area contributed by atoms with E-state index < -0.39 is 0 Å². The third-order valence-corrected chi connectivity index (χ3v) is 6.36. The van der Waals surface area contributed by atoms with Crippen LogP contribution in [0.3, 0.4) is 0 Å². The maximum Gasteiger partial charge on any atom is 0.306 e. The van der Waals surface area contributed by atoms with Crippen LogP contribution in [0, 0.1) is 5.92 Å². The van der Waals surface area contributed by atoms with Gasteiger partial charge in [-0.15, -0.1) is 0 Å². The Labute approximate surface area is 204 Å². The zero-order valence-corrected chi connectivity index (χ0v) is 21.9. The fourth-order valence-corrected chi connectivity index (χ4v) is 4.17. The van der Waals surface area contributed by atoms with E-state index in [0.717, 1.165) is 38.5 Å². The first-order valence-corrected chi connectivity index (χ1v) is 13.9. The summed E-state index contributed by atoms with van der Waals surface area (Å²) in [6, 6.07) is 0. The van der Waals surface area contributed by atoms with E-state index in [0.29, 0.717) is 25.6 Å². The summed E-state index contributed by atoms with van der Waals surface area (Å²) in [5.41, 5.74) is 0. The molecule has 0 aromatic carbocycles. The molecule has 0 spiro atoms. The maximum atomic E-state index is 12.1. The SMILES string of the molecule is CCCCC/C=C/C/C=C/CCCCCCCC(=O)OC1COC(C(CC)CCCC)OC1. The predicted molar refractivity (Wildman–Crippen MR) is 138 cm³/mol. The monoisotopic (exact) mass is 464 g/mol. The summed E-state index contributed by atoms with van der Waals surface area (Å²) in [5, 5.41) is 0. The van der Waals surface area contributed by atoms with Gasteiger partial charge >= 0.3 is 5.97 Å². The number of rotatable bonds is 20.